The summed E-state index contributed by atoms with van der Waals surface area (Å²) in [5.74, 6) is 0.742. The molecular formula is C25H29N7O4. The maximum absolute atomic E-state index is 13.5. The maximum Gasteiger partial charge on any atom is 0.328 e. The Labute approximate surface area is 209 Å². The van der Waals surface area contributed by atoms with Crippen molar-refractivity contribution in [2.75, 3.05) is 55.9 Å². The summed E-state index contributed by atoms with van der Waals surface area (Å²) in [4.78, 5) is 37.5. The van der Waals surface area contributed by atoms with Crippen molar-refractivity contribution in [2.24, 2.45) is 0 Å². The number of carbonyl (C=O) groups is 2. The highest BCUT2D eigenvalue weighted by Crippen LogP contribution is 2.56. The number of hydrogen-bond donors (Lipinski definition) is 2. The molecule has 1 unspecified atom stereocenters. The number of ether oxygens (including phenoxy) is 2. The SMILES string of the molecule is COCCNc1cc(NC(=O)N2c3nc(C=O)ccc3C3(OC4CCN(C)C4)CC2C3)ncc1C#N. The third-order valence-electron chi connectivity index (χ3n) is 7.07. The van der Waals surface area contributed by atoms with E-state index in [2.05, 4.69) is 38.6 Å². The predicted molar refractivity (Wildman–Crippen MR) is 132 cm³/mol. The van der Waals surface area contributed by atoms with Gasteiger partial charge in [-0.2, -0.15) is 5.26 Å². The highest BCUT2D eigenvalue weighted by Gasteiger charge is 2.58. The lowest BCUT2D eigenvalue weighted by atomic mass is 9.67. The third-order valence-corrected chi connectivity index (χ3v) is 7.07. The molecule has 0 aromatic carbocycles. The van der Waals surface area contributed by atoms with Gasteiger partial charge in [-0.3, -0.25) is 15.0 Å². The summed E-state index contributed by atoms with van der Waals surface area (Å²) >= 11 is 0. The van der Waals surface area contributed by atoms with E-state index in [4.69, 9.17) is 9.47 Å². The van der Waals surface area contributed by atoms with Gasteiger partial charge in [0.15, 0.2) is 6.29 Å². The molecule has 36 heavy (non-hydrogen) atoms. The Morgan fingerprint density at radius 3 is 2.92 bits per heavy atom. The largest absolute Gasteiger partial charge is 0.383 e. The van der Waals surface area contributed by atoms with Gasteiger partial charge in [-0.1, -0.05) is 6.07 Å². The van der Waals surface area contributed by atoms with Crippen LogP contribution in [0.1, 0.15) is 40.9 Å². The average molecular weight is 492 g/mol. The molecule has 6 rings (SSSR count). The van der Waals surface area contributed by atoms with E-state index in [0.717, 1.165) is 25.1 Å². The molecular weight excluding hydrogens is 462 g/mol. The van der Waals surface area contributed by atoms with Crippen LogP contribution in [0, 0.1) is 11.3 Å². The Bertz CT molecular complexity index is 1210. The molecule has 5 heterocycles. The zero-order chi connectivity index (χ0) is 25.3. The highest BCUT2D eigenvalue weighted by molar-refractivity contribution is 6.03. The Morgan fingerprint density at radius 2 is 2.22 bits per heavy atom. The molecule has 11 heteroatoms. The van der Waals surface area contributed by atoms with Gasteiger partial charge in [-0.25, -0.2) is 14.8 Å². The van der Waals surface area contributed by atoms with Gasteiger partial charge in [0.1, 0.15) is 29.0 Å². The molecule has 11 nitrogen and oxygen atoms in total. The van der Waals surface area contributed by atoms with E-state index >= 15 is 0 Å². The number of methoxy groups -OCH3 is 1. The van der Waals surface area contributed by atoms with E-state index in [1.54, 1.807) is 24.1 Å². The zero-order valence-corrected chi connectivity index (χ0v) is 20.4. The van der Waals surface area contributed by atoms with Crippen molar-refractivity contribution in [1.29, 1.82) is 5.26 Å². The van der Waals surface area contributed by atoms with Crippen molar-refractivity contribution in [3.05, 3.63) is 41.2 Å². The van der Waals surface area contributed by atoms with Crippen LogP contribution in [-0.4, -0.2) is 79.7 Å². The molecule has 2 N–H and O–H groups in total. The molecule has 3 aliphatic heterocycles. The van der Waals surface area contributed by atoms with Crippen LogP contribution in [0.15, 0.2) is 24.4 Å². The van der Waals surface area contributed by atoms with Crippen molar-refractivity contribution in [3.8, 4) is 6.07 Å². The third kappa shape index (κ3) is 4.39. The van der Waals surface area contributed by atoms with E-state index in [0.29, 0.717) is 55.2 Å². The van der Waals surface area contributed by atoms with Crippen molar-refractivity contribution in [3.63, 3.8) is 0 Å². The van der Waals surface area contributed by atoms with Gasteiger partial charge in [0, 0.05) is 63.5 Å². The Morgan fingerprint density at radius 1 is 1.39 bits per heavy atom. The number of hydrogen-bond acceptors (Lipinski definition) is 9. The quantitative estimate of drug-likeness (QED) is 0.422. The summed E-state index contributed by atoms with van der Waals surface area (Å²) < 4.78 is 11.7. The minimum absolute atomic E-state index is 0.108. The van der Waals surface area contributed by atoms with Crippen LogP contribution in [0.3, 0.4) is 0 Å². The van der Waals surface area contributed by atoms with Crippen molar-refractivity contribution < 1.29 is 19.1 Å². The fourth-order valence-electron chi connectivity index (χ4n) is 5.29. The van der Waals surface area contributed by atoms with E-state index in [9.17, 15) is 14.9 Å². The number of pyridine rings is 2. The van der Waals surface area contributed by atoms with Crippen LogP contribution >= 0.6 is 0 Å². The smallest absolute Gasteiger partial charge is 0.328 e. The number of likely N-dealkylation sites (N-methyl/N-ethyl adjacent to an activating group) is 1. The first-order valence-corrected chi connectivity index (χ1v) is 12.0. The first-order chi connectivity index (χ1) is 17.5. The van der Waals surface area contributed by atoms with Crippen LogP contribution in [0.5, 0.6) is 0 Å². The minimum atomic E-state index is -0.494. The average Bonchev–Trinajstić information content (AvgIpc) is 3.27. The fraction of sp³-hybridized carbons (Fsp3) is 0.480. The summed E-state index contributed by atoms with van der Waals surface area (Å²) in [5, 5.41) is 15.3. The standard InChI is InChI=1S/C25H29N7O4/c1-31-7-5-19(14-31)36-25-10-18(11-25)32(23-20(25)4-3-17(15-33)29-23)24(34)30-22-9-21(27-6-8-35-2)16(12-26)13-28-22/h3-4,9,13,15,18-19H,5-8,10-11,14H2,1-2H3,(H2,27,28,30,34). The first kappa shape index (κ1) is 24.1. The summed E-state index contributed by atoms with van der Waals surface area (Å²) in [6, 6.07) is 6.74. The summed E-state index contributed by atoms with van der Waals surface area (Å²) in [7, 11) is 3.68. The molecule has 0 spiro atoms. The van der Waals surface area contributed by atoms with E-state index in [1.807, 2.05) is 6.07 Å². The Hall–Kier alpha value is -3.59. The number of amides is 2. The van der Waals surface area contributed by atoms with Crippen molar-refractivity contribution in [1.82, 2.24) is 14.9 Å². The number of likely N-dealkylation sites (tertiary alicyclic amines) is 1. The summed E-state index contributed by atoms with van der Waals surface area (Å²) in [5.41, 5.74) is 1.51. The van der Waals surface area contributed by atoms with Gasteiger partial charge >= 0.3 is 6.03 Å². The molecule has 4 aliphatic rings. The van der Waals surface area contributed by atoms with Gasteiger partial charge in [-0.05, 0) is 19.5 Å². The number of nitriles is 1. The second-order valence-corrected chi connectivity index (χ2v) is 9.52. The number of aldehydes is 1. The Kier molecular flexibility index (Phi) is 6.57. The highest BCUT2D eigenvalue weighted by atomic mass is 16.5. The Balaban J connectivity index is 1.39. The van der Waals surface area contributed by atoms with Crippen LogP contribution in [0.2, 0.25) is 0 Å². The lowest BCUT2D eigenvalue weighted by Crippen LogP contribution is -2.63. The molecule has 2 aromatic heterocycles. The number of aromatic nitrogens is 2. The van der Waals surface area contributed by atoms with Gasteiger partial charge in [0.2, 0.25) is 0 Å². The number of rotatable bonds is 8. The normalized spacial score (nSPS) is 24.4. The summed E-state index contributed by atoms with van der Waals surface area (Å²) in [6.45, 7) is 2.83. The number of nitrogens with zero attached hydrogens (tertiary/aromatic N) is 5. The van der Waals surface area contributed by atoms with E-state index in [1.165, 1.54) is 6.20 Å². The van der Waals surface area contributed by atoms with Crippen molar-refractivity contribution >= 4 is 29.6 Å². The van der Waals surface area contributed by atoms with E-state index in [-0.39, 0.29) is 17.8 Å². The second kappa shape index (κ2) is 9.81. The number of anilines is 3. The van der Waals surface area contributed by atoms with Crippen LogP contribution in [0.4, 0.5) is 22.1 Å². The molecule has 188 valence electrons. The fourth-order valence-corrected chi connectivity index (χ4v) is 5.29. The maximum atomic E-state index is 13.5. The molecule has 2 aromatic rings. The molecule has 1 saturated heterocycles. The molecule has 2 fully saturated rings. The molecule has 0 radical (unpaired) electrons. The zero-order valence-electron chi connectivity index (χ0n) is 20.4. The van der Waals surface area contributed by atoms with Gasteiger partial charge < -0.3 is 19.7 Å². The van der Waals surface area contributed by atoms with Gasteiger partial charge in [0.05, 0.1) is 24.0 Å². The number of nitrogens with one attached hydrogen (secondary N) is 2. The molecule has 1 atom stereocenters. The van der Waals surface area contributed by atoms with Crippen LogP contribution in [0.25, 0.3) is 0 Å². The van der Waals surface area contributed by atoms with Crippen molar-refractivity contribution in [2.45, 2.75) is 37.0 Å². The molecule has 2 bridgehead atoms. The van der Waals surface area contributed by atoms with E-state index < -0.39 is 11.6 Å². The predicted octanol–water partition coefficient (Wildman–Crippen LogP) is 2.35. The second-order valence-electron chi connectivity index (χ2n) is 9.52. The van der Waals surface area contributed by atoms with Crippen LogP contribution in [-0.2, 0) is 15.1 Å². The van der Waals surface area contributed by atoms with Gasteiger partial charge in [0.25, 0.3) is 0 Å². The van der Waals surface area contributed by atoms with Crippen LogP contribution < -0.4 is 15.5 Å². The molecule has 2 amide bonds. The molecule has 1 aliphatic carbocycles. The number of carbonyl (C=O) groups excluding carboxylic acids is 2. The topological polar surface area (TPSA) is 133 Å². The lowest BCUT2D eigenvalue weighted by Gasteiger charge is -2.57. The molecule has 1 saturated carbocycles. The van der Waals surface area contributed by atoms with Gasteiger partial charge in [-0.15, -0.1) is 0 Å². The first-order valence-electron chi connectivity index (χ1n) is 12.0. The monoisotopic (exact) mass is 491 g/mol. The summed E-state index contributed by atoms with van der Waals surface area (Å²) in [6.07, 6.45) is 4.52. The lowest BCUT2D eigenvalue weighted by molar-refractivity contribution is -0.154. The number of urea groups is 1. The minimum Gasteiger partial charge on any atom is -0.383 e.